The fourth-order valence-electron chi connectivity index (χ4n) is 2.99. The average Bonchev–Trinajstić information content (AvgIpc) is 2.51. The van der Waals surface area contributed by atoms with Crippen molar-refractivity contribution in [2.24, 2.45) is 0 Å². The third-order valence-electron chi connectivity index (χ3n) is 4.10. The van der Waals surface area contributed by atoms with Crippen LogP contribution >= 0.6 is 11.6 Å². The molecule has 104 valence electrons. The summed E-state index contributed by atoms with van der Waals surface area (Å²) in [6, 6.07) is 15.3. The topological polar surface area (TPSA) is 24.9 Å². The van der Waals surface area contributed by atoms with Gasteiger partial charge in [-0.1, -0.05) is 41.9 Å². The van der Waals surface area contributed by atoms with Crippen LogP contribution in [0.3, 0.4) is 0 Å². The Bertz CT molecular complexity index is 531. The van der Waals surface area contributed by atoms with E-state index in [1.807, 2.05) is 18.3 Å². The summed E-state index contributed by atoms with van der Waals surface area (Å²) in [6.45, 7) is 0. The largest absolute Gasteiger partial charge is 0.381 e. The molecular formula is C17H19ClN2. The van der Waals surface area contributed by atoms with Crippen molar-refractivity contribution < 1.29 is 0 Å². The van der Waals surface area contributed by atoms with Crippen LogP contribution in [-0.4, -0.2) is 11.0 Å². The molecular weight excluding hydrogens is 268 g/mol. The van der Waals surface area contributed by atoms with Crippen molar-refractivity contribution in [3.05, 3.63) is 59.4 Å². The van der Waals surface area contributed by atoms with Gasteiger partial charge in [0.1, 0.15) is 5.15 Å². The van der Waals surface area contributed by atoms with Gasteiger partial charge in [0.2, 0.25) is 0 Å². The Hall–Kier alpha value is -1.54. The Morgan fingerprint density at radius 3 is 2.35 bits per heavy atom. The highest BCUT2D eigenvalue weighted by Gasteiger charge is 2.22. The van der Waals surface area contributed by atoms with Crippen LogP contribution in [0.5, 0.6) is 0 Å². The van der Waals surface area contributed by atoms with Gasteiger partial charge in [0.15, 0.2) is 0 Å². The van der Waals surface area contributed by atoms with Crippen LogP contribution in [0.15, 0.2) is 48.7 Å². The molecule has 0 saturated heterocycles. The zero-order valence-corrected chi connectivity index (χ0v) is 12.2. The molecule has 0 radical (unpaired) electrons. The Morgan fingerprint density at radius 1 is 0.950 bits per heavy atom. The first-order valence-corrected chi connectivity index (χ1v) is 7.62. The first-order valence-electron chi connectivity index (χ1n) is 7.24. The van der Waals surface area contributed by atoms with Gasteiger partial charge in [0.05, 0.1) is 11.9 Å². The zero-order valence-electron chi connectivity index (χ0n) is 11.4. The Labute approximate surface area is 125 Å². The predicted octanol–water partition coefficient (Wildman–Crippen LogP) is 4.87. The van der Waals surface area contributed by atoms with Gasteiger partial charge in [-0.05, 0) is 49.3 Å². The molecule has 2 aromatic rings. The summed E-state index contributed by atoms with van der Waals surface area (Å²) < 4.78 is 0. The second kappa shape index (κ2) is 6.27. The lowest BCUT2D eigenvalue weighted by Crippen LogP contribution is -2.25. The average molecular weight is 287 g/mol. The van der Waals surface area contributed by atoms with Crippen LogP contribution in [0.1, 0.15) is 37.2 Å². The number of rotatable bonds is 3. The lowest BCUT2D eigenvalue weighted by molar-refractivity contribution is 0.412. The van der Waals surface area contributed by atoms with E-state index in [-0.39, 0.29) is 0 Å². The summed E-state index contributed by atoms with van der Waals surface area (Å²) in [5.74, 6) is 0.720. The molecule has 0 bridgehead atoms. The van der Waals surface area contributed by atoms with Gasteiger partial charge in [-0.2, -0.15) is 0 Å². The molecule has 0 spiro atoms. The van der Waals surface area contributed by atoms with Crippen molar-refractivity contribution in [1.29, 1.82) is 0 Å². The summed E-state index contributed by atoms with van der Waals surface area (Å²) >= 11 is 5.80. The number of nitrogens with zero attached hydrogens (tertiary/aromatic N) is 1. The number of nitrogens with one attached hydrogen (secondary N) is 1. The second-order valence-electron chi connectivity index (χ2n) is 5.47. The smallest absolute Gasteiger partial charge is 0.129 e. The third-order valence-corrected chi connectivity index (χ3v) is 4.32. The van der Waals surface area contributed by atoms with Gasteiger partial charge in [-0.25, -0.2) is 4.98 Å². The molecule has 0 unspecified atom stereocenters. The third kappa shape index (κ3) is 3.31. The maximum atomic E-state index is 5.80. The van der Waals surface area contributed by atoms with Crippen molar-refractivity contribution in [3.63, 3.8) is 0 Å². The van der Waals surface area contributed by atoms with E-state index < -0.39 is 0 Å². The second-order valence-corrected chi connectivity index (χ2v) is 5.86. The van der Waals surface area contributed by atoms with E-state index in [2.05, 4.69) is 40.6 Å². The number of aromatic nitrogens is 1. The molecule has 1 aromatic carbocycles. The van der Waals surface area contributed by atoms with Gasteiger partial charge in [0.25, 0.3) is 0 Å². The maximum absolute atomic E-state index is 5.80. The number of hydrogen-bond donors (Lipinski definition) is 1. The Morgan fingerprint density at radius 2 is 1.70 bits per heavy atom. The van der Waals surface area contributed by atoms with Crippen molar-refractivity contribution in [2.75, 3.05) is 5.32 Å². The fourth-order valence-corrected chi connectivity index (χ4v) is 3.10. The SMILES string of the molecule is Clc1ccc(NC2CCC(c3ccccc3)CC2)cn1. The standard InChI is InChI=1S/C17H19ClN2/c18-17-11-10-16(12-19-17)20-15-8-6-14(7-9-15)13-4-2-1-3-5-13/h1-5,10-12,14-15,20H,6-9H2. The Kier molecular flexibility index (Phi) is 4.22. The fraction of sp³-hybridized carbons (Fsp3) is 0.353. The minimum Gasteiger partial charge on any atom is -0.381 e. The number of halogens is 1. The van der Waals surface area contributed by atoms with E-state index in [1.54, 1.807) is 0 Å². The van der Waals surface area contributed by atoms with Crippen LogP contribution in [0.2, 0.25) is 5.15 Å². The Balaban J connectivity index is 1.55. The summed E-state index contributed by atoms with van der Waals surface area (Å²) in [5, 5.41) is 4.10. The molecule has 3 rings (SSSR count). The first kappa shape index (κ1) is 13.4. The van der Waals surface area contributed by atoms with Gasteiger partial charge in [0, 0.05) is 6.04 Å². The number of hydrogen-bond acceptors (Lipinski definition) is 2. The van der Waals surface area contributed by atoms with Gasteiger partial charge >= 0.3 is 0 Å². The van der Waals surface area contributed by atoms with E-state index in [1.165, 1.54) is 31.2 Å². The van der Waals surface area contributed by atoms with Crippen LogP contribution in [-0.2, 0) is 0 Å². The molecule has 1 saturated carbocycles. The normalized spacial score (nSPS) is 22.4. The van der Waals surface area contributed by atoms with Crippen molar-refractivity contribution in [3.8, 4) is 0 Å². The van der Waals surface area contributed by atoms with Gasteiger partial charge in [-0.3, -0.25) is 0 Å². The predicted molar refractivity (Wildman–Crippen MR) is 84.3 cm³/mol. The van der Waals surface area contributed by atoms with Gasteiger partial charge < -0.3 is 5.32 Å². The number of pyridine rings is 1. The summed E-state index contributed by atoms with van der Waals surface area (Å²) in [4.78, 5) is 4.11. The van der Waals surface area contributed by atoms with Crippen molar-refractivity contribution >= 4 is 17.3 Å². The lowest BCUT2D eigenvalue weighted by Gasteiger charge is -2.30. The van der Waals surface area contributed by atoms with Crippen molar-refractivity contribution in [1.82, 2.24) is 4.98 Å². The molecule has 1 fully saturated rings. The highest BCUT2D eigenvalue weighted by Crippen LogP contribution is 2.33. The highest BCUT2D eigenvalue weighted by molar-refractivity contribution is 6.29. The first-order chi connectivity index (χ1) is 9.81. The van der Waals surface area contributed by atoms with Crippen LogP contribution in [0.4, 0.5) is 5.69 Å². The molecule has 1 aliphatic rings. The summed E-state index contributed by atoms with van der Waals surface area (Å²) in [6.07, 6.45) is 6.74. The minimum atomic E-state index is 0.545. The molecule has 0 aliphatic heterocycles. The summed E-state index contributed by atoms with van der Waals surface area (Å²) in [5.41, 5.74) is 2.55. The molecule has 1 N–H and O–H groups in total. The number of anilines is 1. The van der Waals surface area contributed by atoms with E-state index in [0.717, 1.165) is 11.6 Å². The molecule has 3 heteroatoms. The molecule has 1 heterocycles. The quantitative estimate of drug-likeness (QED) is 0.814. The van der Waals surface area contributed by atoms with Crippen LogP contribution < -0.4 is 5.32 Å². The molecule has 1 aromatic heterocycles. The van der Waals surface area contributed by atoms with E-state index in [0.29, 0.717) is 11.2 Å². The van der Waals surface area contributed by atoms with Crippen molar-refractivity contribution in [2.45, 2.75) is 37.6 Å². The van der Waals surface area contributed by atoms with E-state index in [9.17, 15) is 0 Å². The number of benzene rings is 1. The van der Waals surface area contributed by atoms with Gasteiger partial charge in [-0.15, -0.1) is 0 Å². The van der Waals surface area contributed by atoms with E-state index >= 15 is 0 Å². The zero-order chi connectivity index (χ0) is 13.8. The molecule has 0 amide bonds. The maximum Gasteiger partial charge on any atom is 0.129 e. The minimum absolute atomic E-state index is 0.545. The monoisotopic (exact) mass is 286 g/mol. The molecule has 0 atom stereocenters. The molecule has 20 heavy (non-hydrogen) atoms. The van der Waals surface area contributed by atoms with Crippen LogP contribution in [0, 0.1) is 0 Å². The lowest BCUT2D eigenvalue weighted by atomic mass is 9.82. The molecule has 1 aliphatic carbocycles. The highest BCUT2D eigenvalue weighted by atomic mass is 35.5. The summed E-state index contributed by atoms with van der Waals surface area (Å²) in [7, 11) is 0. The van der Waals surface area contributed by atoms with Crippen LogP contribution in [0.25, 0.3) is 0 Å². The molecule has 2 nitrogen and oxygen atoms in total. The van der Waals surface area contributed by atoms with E-state index in [4.69, 9.17) is 11.6 Å².